The summed E-state index contributed by atoms with van der Waals surface area (Å²) in [4.78, 5) is 17.3. The van der Waals surface area contributed by atoms with Gasteiger partial charge in [0, 0.05) is 11.3 Å². The third-order valence-corrected chi connectivity index (χ3v) is 5.68. The van der Waals surface area contributed by atoms with Crippen LogP contribution in [-0.2, 0) is 0 Å². The molecule has 0 aliphatic rings. The Labute approximate surface area is 194 Å². The third kappa shape index (κ3) is 5.83. The number of amides is 2. The summed E-state index contributed by atoms with van der Waals surface area (Å²) in [5.41, 5.74) is 2.66. The molecule has 0 bridgehead atoms. The maximum atomic E-state index is 12.7. The second-order valence-electron chi connectivity index (χ2n) is 8.26. The average molecular weight is 453 g/mol. The zero-order valence-electron chi connectivity index (χ0n) is 20.0. The summed E-state index contributed by atoms with van der Waals surface area (Å²) in [6, 6.07) is 12.5. The molecule has 2 atom stereocenters. The number of hydrogen-bond acceptors (Lipinski definition) is 6. The van der Waals surface area contributed by atoms with Crippen molar-refractivity contribution in [3.63, 3.8) is 0 Å². The molecule has 2 N–H and O–H groups in total. The second kappa shape index (κ2) is 10.8. The molecule has 2 amide bonds. The van der Waals surface area contributed by atoms with Crippen molar-refractivity contribution >= 4 is 11.7 Å². The first-order valence-corrected chi connectivity index (χ1v) is 11.1. The van der Waals surface area contributed by atoms with E-state index in [0.717, 1.165) is 17.7 Å². The lowest BCUT2D eigenvalue weighted by Crippen LogP contribution is -2.36. The van der Waals surface area contributed by atoms with Crippen LogP contribution in [0.15, 0.2) is 47.0 Å². The van der Waals surface area contributed by atoms with Crippen molar-refractivity contribution in [2.75, 3.05) is 19.5 Å². The maximum absolute atomic E-state index is 12.7. The van der Waals surface area contributed by atoms with Crippen LogP contribution in [0.25, 0.3) is 11.4 Å². The molecule has 1 aromatic heterocycles. The fraction of sp³-hybridized carbons (Fsp3) is 0.400. The monoisotopic (exact) mass is 452 g/mol. The lowest BCUT2D eigenvalue weighted by molar-refractivity contribution is 0.232. The van der Waals surface area contributed by atoms with E-state index in [4.69, 9.17) is 14.0 Å². The van der Waals surface area contributed by atoms with Crippen LogP contribution in [0.2, 0.25) is 0 Å². The number of aromatic nitrogens is 2. The van der Waals surface area contributed by atoms with Gasteiger partial charge in [-0.3, -0.25) is 0 Å². The molecule has 2 aromatic carbocycles. The summed E-state index contributed by atoms with van der Waals surface area (Å²) >= 11 is 0. The van der Waals surface area contributed by atoms with Crippen LogP contribution in [0.4, 0.5) is 10.5 Å². The van der Waals surface area contributed by atoms with Crippen LogP contribution >= 0.6 is 0 Å². The van der Waals surface area contributed by atoms with Crippen molar-refractivity contribution in [1.82, 2.24) is 15.5 Å². The Kier molecular flexibility index (Phi) is 7.92. The minimum atomic E-state index is -0.439. The maximum Gasteiger partial charge on any atom is 0.319 e. The predicted octanol–water partition coefficient (Wildman–Crippen LogP) is 5.79. The molecule has 0 fully saturated rings. The summed E-state index contributed by atoms with van der Waals surface area (Å²) in [5.74, 6) is 2.45. The highest BCUT2D eigenvalue weighted by atomic mass is 16.5. The second-order valence-corrected chi connectivity index (χ2v) is 8.26. The number of carbonyl (C=O) groups excluding carboxylic acids is 1. The molecule has 176 valence electrons. The molecule has 0 aliphatic carbocycles. The molecular formula is C25H32N4O4. The van der Waals surface area contributed by atoms with Gasteiger partial charge in [-0.15, -0.1) is 0 Å². The van der Waals surface area contributed by atoms with E-state index >= 15 is 0 Å². The summed E-state index contributed by atoms with van der Waals surface area (Å²) in [5, 5.41) is 9.99. The number of urea groups is 1. The van der Waals surface area contributed by atoms with Crippen LogP contribution in [-0.4, -0.2) is 30.4 Å². The smallest absolute Gasteiger partial charge is 0.319 e. The van der Waals surface area contributed by atoms with Crippen LogP contribution in [0.1, 0.15) is 57.5 Å². The highest BCUT2D eigenvalue weighted by Gasteiger charge is 2.27. The Hall–Kier alpha value is -3.55. The van der Waals surface area contributed by atoms with E-state index in [-0.39, 0.29) is 11.9 Å². The largest absolute Gasteiger partial charge is 0.493 e. The van der Waals surface area contributed by atoms with Gasteiger partial charge in [0.15, 0.2) is 11.5 Å². The minimum absolute atomic E-state index is 0.0813. The van der Waals surface area contributed by atoms with E-state index in [1.807, 2.05) is 44.2 Å². The van der Waals surface area contributed by atoms with Gasteiger partial charge < -0.3 is 24.6 Å². The fourth-order valence-corrected chi connectivity index (χ4v) is 3.40. The number of anilines is 1. The molecular weight excluding hydrogens is 420 g/mol. The molecule has 0 aliphatic heterocycles. The van der Waals surface area contributed by atoms with Crippen LogP contribution in [0.3, 0.4) is 0 Å². The molecule has 0 saturated carbocycles. The number of benzene rings is 2. The van der Waals surface area contributed by atoms with Crippen molar-refractivity contribution in [1.29, 1.82) is 0 Å². The summed E-state index contributed by atoms with van der Waals surface area (Å²) in [7, 11) is 3.15. The highest BCUT2D eigenvalue weighted by Crippen LogP contribution is 2.32. The molecule has 0 spiro atoms. The molecule has 8 nitrogen and oxygen atoms in total. The van der Waals surface area contributed by atoms with Crippen molar-refractivity contribution < 1.29 is 18.8 Å². The number of ether oxygens (including phenoxy) is 2. The number of carbonyl (C=O) groups is 1. The first-order chi connectivity index (χ1) is 15.9. The predicted molar refractivity (Wildman–Crippen MR) is 128 cm³/mol. The highest BCUT2D eigenvalue weighted by molar-refractivity contribution is 5.89. The molecule has 0 radical (unpaired) electrons. The molecule has 33 heavy (non-hydrogen) atoms. The van der Waals surface area contributed by atoms with Gasteiger partial charge in [0.2, 0.25) is 11.7 Å². The fourth-order valence-electron chi connectivity index (χ4n) is 3.40. The Morgan fingerprint density at radius 2 is 1.73 bits per heavy atom. The van der Waals surface area contributed by atoms with E-state index in [9.17, 15) is 4.79 Å². The summed E-state index contributed by atoms with van der Waals surface area (Å²) < 4.78 is 16.2. The number of hydrogen-bond donors (Lipinski definition) is 2. The van der Waals surface area contributed by atoms with Gasteiger partial charge in [-0.2, -0.15) is 4.98 Å². The quantitative estimate of drug-likeness (QED) is 0.427. The van der Waals surface area contributed by atoms with Gasteiger partial charge in [0.05, 0.1) is 14.2 Å². The third-order valence-electron chi connectivity index (χ3n) is 5.68. The zero-order chi connectivity index (χ0) is 24.0. The Balaban J connectivity index is 1.77. The van der Waals surface area contributed by atoms with Gasteiger partial charge in [0.1, 0.15) is 6.04 Å². The molecule has 3 rings (SSSR count). The lowest BCUT2D eigenvalue weighted by Gasteiger charge is -2.21. The Morgan fingerprint density at radius 1 is 1.03 bits per heavy atom. The van der Waals surface area contributed by atoms with E-state index in [1.54, 1.807) is 26.4 Å². The van der Waals surface area contributed by atoms with Crippen molar-refractivity contribution in [3.05, 3.63) is 53.9 Å². The number of rotatable bonds is 9. The zero-order valence-corrected chi connectivity index (χ0v) is 20.0. The van der Waals surface area contributed by atoms with Gasteiger partial charge in [-0.25, -0.2) is 4.79 Å². The van der Waals surface area contributed by atoms with Crippen molar-refractivity contribution in [2.24, 2.45) is 5.92 Å². The standard InChI is InChI=1S/C25H32N4O4/c1-7-16(4)22(27-25(30)26-19-11-8-17(9-12-19)15(2)3)24-28-23(29-33-24)18-10-13-20(31-5)21(14-18)32-6/h8-16,22H,7H2,1-6H3,(H2,26,27,30)/t16-,22-/m0/s1. The molecule has 0 unspecified atom stereocenters. The molecule has 1 heterocycles. The van der Waals surface area contributed by atoms with E-state index in [1.165, 1.54) is 5.56 Å². The number of methoxy groups -OCH3 is 2. The van der Waals surface area contributed by atoms with Gasteiger partial charge >= 0.3 is 6.03 Å². The van der Waals surface area contributed by atoms with Crippen LogP contribution in [0.5, 0.6) is 11.5 Å². The molecule has 3 aromatic rings. The average Bonchev–Trinajstić information content (AvgIpc) is 3.31. The Bertz CT molecular complexity index is 1060. The first kappa shape index (κ1) is 24.1. The molecule has 0 saturated heterocycles. The van der Waals surface area contributed by atoms with Gasteiger partial charge in [-0.1, -0.05) is 51.4 Å². The SMILES string of the molecule is CC[C@H](C)[C@H](NC(=O)Nc1ccc(C(C)C)cc1)c1nc(-c2ccc(OC)c(OC)c2)no1. The summed E-state index contributed by atoms with van der Waals surface area (Å²) in [6.45, 7) is 8.34. The van der Waals surface area contributed by atoms with Crippen molar-refractivity contribution in [3.8, 4) is 22.9 Å². The van der Waals surface area contributed by atoms with E-state index < -0.39 is 6.04 Å². The van der Waals surface area contributed by atoms with Crippen LogP contribution in [0, 0.1) is 5.92 Å². The topological polar surface area (TPSA) is 98.5 Å². The van der Waals surface area contributed by atoms with Gasteiger partial charge in [-0.05, 0) is 47.7 Å². The molecule has 8 heteroatoms. The van der Waals surface area contributed by atoms with Gasteiger partial charge in [0.25, 0.3) is 0 Å². The number of nitrogens with zero attached hydrogens (tertiary/aromatic N) is 2. The normalized spacial score (nSPS) is 12.8. The lowest BCUT2D eigenvalue weighted by atomic mass is 9.99. The minimum Gasteiger partial charge on any atom is -0.493 e. The Morgan fingerprint density at radius 3 is 2.33 bits per heavy atom. The number of nitrogens with one attached hydrogen (secondary N) is 2. The first-order valence-electron chi connectivity index (χ1n) is 11.1. The summed E-state index contributed by atoms with van der Waals surface area (Å²) in [6.07, 6.45) is 0.822. The van der Waals surface area contributed by atoms with Crippen LogP contribution < -0.4 is 20.1 Å². The van der Waals surface area contributed by atoms with Crippen molar-refractivity contribution in [2.45, 2.75) is 46.1 Å². The van der Waals surface area contributed by atoms with E-state index in [0.29, 0.717) is 29.1 Å². The van der Waals surface area contributed by atoms with E-state index in [2.05, 4.69) is 34.6 Å².